The Morgan fingerprint density at radius 3 is 2.79 bits per heavy atom. The molecule has 10 heteroatoms. The lowest BCUT2D eigenvalue weighted by molar-refractivity contribution is -0.116. The van der Waals surface area contributed by atoms with Gasteiger partial charge < -0.3 is 14.4 Å². The quantitative estimate of drug-likeness (QED) is 0.416. The lowest BCUT2D eigenvalue weighted by Crippen LogP contribution is -2.25. The summed E-state index contributed by atoms with van der Waals surface area (Å²) in [6.45, 7) is 3.46. The normalized spacial score (nSPS) is 11.4. The molecule has 172 valence electrons. The molecule has 0 saturated heterocycles. The van der Waals surface area contributed by atoms with Crippen LogP contribution >= 0.6 is 0 Å². The number of carbonyl (C=O) groups excluding carboxylic acids is 1. The molecule has 0 saturated carbocycles. The van der Waals surface area contributed by atoms with E-state index in [4.69, 9.17) is 4.52 Å². The summed E-state index contributed by atoms with van der Waals surface area (Å²) in [5, 5.41) is 7.31. The van der Waals surface area contributed by atoms with Crippen molar-refractivity contribution in [3.63, 3.8) is 0 Å². The maximum atomic E-state index is 13.9. The minimum Gasteiger partial charge on any atom is -0.337 e. The Kier molecular flexibility index (Phi) is 5.40. The van der Waals surface area contributed by atoms with Crippen molar-refractivity contribution in [2.75, 3.05) is 5.32 Å². The van der Waals surface area contributed by atoms with E-state index in [1.807, 2.05) is 31.2 Å². The Morgan fingerprint density at radius 1 is 1.21 bits per heavy atom. The summed E-state index contributed by atoms with van der Waals surface area (Å²) in [5.74, 6) is 0.0384. The molecular weight excluding hydrogens is 439 g/mol. The molecule has 9 nitrogen and oxygen atoms in total. The van der Waals surface area contributed by atoms with Crippen molar-refractivity contribution in [2.45, 2.75) is 33.4 Å². The van der Waals surface area contributed by atoms with Crippen LogP contribution in [0.1, 0.15) is 24.2 Å². The predicted molar refractivity (Wildman–Crippen MR) is 124 cm³/mol. The fraction of sp³-hybridized carbons (Fsp3) is 0.208. The van der Waals surface area contributed by atoms with Crippen molar-refractivity contribution in [1.29, 1.82) is 0 Å². The van der Waals surface area contributed by atoms with Gasteiger partial charge in [0.1, 0.15) is 29.9 Å². The highest BCUT2D eigenvalue weighted by Gasteiger charge is 2.19. The molecule has 34 heavy (non-hydrogen) atoms. The smallest absolute Gasteiger partial charge is 0.278 e. The molecule has 0 aliphatic carbocycles. The summed E-state index contributed by atoms with van der Waals surface area (Å²) in [4.78, 5) is 35.1. The first-order valence-electron chi connectivity index (χ1n) is 10.8. The van der Waals surface area contributed by atoms with Crippen LogP contribution in [0, 0.1) is 12.7 Å². The Bertz CT molecular complexity index is 1600. The van der Waals surface area contributed by atoms with Crippen LogP contribution in [0.25, 0.3) is 21.9 Å². The van der Waals surface area contributed by atoms with Crippen LogP contribution in [0.2, 0.25) is 0 Å². The van der Waals surface area contributed by atoms with Crippen molar-refractivity contribution in [3.8, 4) is 0 Å². The largest absolute Gasteiger partial charge is 0.337 e. The third kappa shape index (κ3) is 3.83. The van der Waals surface area contributed by atoms with Gasteiger partial charge in [-0.2, -0.15) is 4.98 Å². The Balaban J connectivity index is 1.55. The van der Waals surface area contributed by atoms with Crippen LogP contribution in [0.4, 0.5) is 10.1 Å². The minimum absolute atomic E-state index is 0.0607. The number of fused-ring (bicyclic) bond motifs is 3. The summed E-state index contributed by atoms with van der Waals surface area (Å²) < 4.78 is 22.1. The zero-order chi connectivity index (χ0) is 23.8. The van der Waals surface area contributed by atoms with Crippen LogP contribution in [-0.2, 0) is 24.3 Å². The van der Waals surface area contributed by atoms with Crippen molar-refractivity contribution in [2.24, 2.45) is 0 Å². The molecule has 0 aliphatic rings. The average Bonchev–Trinajstić information content (AvgIpc) is 3.41. The van der Waals surface area contributed by atoms with E-state index in [2.05, 4.69) is 20.4 Å². The van der Waals surface area contributed by atoms with Gasteiger partial charge in [0.15, 0.2) is 5.82 Å². The van der Waals surface area contributed by atoms with Crippen LogP contribution in [0.5, 0.6) is 0 Å². The number of nitrogens with zero attached hydrogens (tertiary/aromatic N) is 5. The molecule has 5 aromatic rings. The highest BCUT2D eigenvalue weighted by Crippen LogP contribution is 2.25. The molecule has 1 amide bonds. The highest BCUT2D eigenvalue weighted by atomic mass is 19.1. The number of para-hydroxylation sites is 1. The van der Waals surface area contributed by atoms with E-state index in [-0.39, 0.29) is 24.2 Å². The van der Waals surface area contributed by atoms with E-state index in [1.54, 1.807) is 23.6 Å². The third-order valence-corrected chi connectivity index (χ3v) is 5.62. The molecule has 0 fully saturated rings. The third-order valence-electron chi connectivity index (χ3n) is 5.62. The number of hydrogen-bond donors (Lipinski definition) is 1. The SMILES string of the molecule is CCc1noc(Cn2cnc3c4ccccc4n(CC(=O)Nc4ccc(C)c(F)c4)c3c2=O)n1. The van der Waals surface area contributed by atoms with Gasteiger partial charge in [0.2, 0.25) is 11.8 Å². The van der Waals surface area contributed by atoms with E-state index >= 15 is 0 Å². The van der Waals surface area contributed by atoms with E-state index in [9.17, 15) is 14.0 Å². The summed E-state index contributed by atoms with van der Waals surface area (Å²) in [6, 6.07) is 11.8. The molecule has 5 rings (SSSR count). The number of carbonyl (C=O) groups is 1. The molecule has 1 N–H and O–H groups in total. The standard InChI is InChI=1S/C24H21FN6O3/c1-3-19-28-21(34-29-19)12-30-13-26-22-16-6-4-5-7-18(16)31(23(22)24(30)33)11-20(32)27-15-9-8-14(2)17(25)10-15/h4-10,13H,3,11-12H2,1-2H3,(H,27,32). The van der Waals surface area contributed by atoms with Crippen LogP contribution in [0.3, 0.4) is 0 Å². The summed E-state index contributed by atoms with van der Waals surface area (Å²) >= 11 is 0. The number of rotatable bonds is 6. The van der Waals surface area contributed by atoms with Gasteiger partial charge in [0.25, 0.3) is 5.56 Å². The monoisotopic (exact) mass is 460 g/mol. The van der Waals surface area contributed by atoms with Gasteiger partial charge in [0.05, 0.1) is 11.8 Å². The number of hydrogen-bond acceptors (Lipinski definition) is 6. The van der Waals surface area contributed by atoms with Gasteiger partial charge in [0, 0.05) is 17.5 Å². The molecule has 0 unspecified atom stereocenters. The van der Waals surface area contributed by atoms with Gasteiger partial charge in [-0.3, -0.25) is 14.2 Å². The first kappa shape index (κ1) is 21.5. The highest BCUT2D eigenvalue weighted by molar-refractivity contribution is 6.06. The summed E-state index contributed by atoms with van der Waals surface area (Å²) in [7, 11) is 0. The van der Waals surface area contributed by atoms with Gasteiger partial charge in [-0.1, -0.05) is 36.3 Å². The van der Waals surface area contributed by atoms with Crippen LogP contribution < -0.4 is 10.9 Å². The number of amides is 1. The molecule has 0 bridgehead atoms. The van der Waals surface area contributed by atoms with E-state index in [0.717, 1.165) is 5.39 Å². The number of benzene rings is 2. The number of aryl methyl sites for hydroxylation is 2. The molecule has 3 heterocycles. The van der Waals surface area contributed by atoms with Gasteiger partial charge in [-0.15, -0.1) is 0 Å². The molecule has 3 aromatic heterocycles. The summed E-state index contributed by atoms with van der Waals surface area (Å²) in [6.07, 6.45) is 2.05. The number of nitrogens with one attached hydrogen (secondary N) is 1. The molecule has 0 radical (unpaired) electrons. The second kappa shape index (κ2) is 8.54. The average molecular weight is 460 g/mol. The van der Waals surface area contributed by atoms with E-state index < -0.39 is 11.7 Å². The van der Waals surface area contributed by atoms with Gasteiger partial charge >= 0.3 is 0 Å². The Morgan fingerprint density at radius 2 is 2.03 bits per heavy atom. The van der Waals surface area contributed by atoms with Crippen molar-refractivity contribution in [3.05, 3.63) is 82.2 Å². The van der Waals surface area contributed by atoms with Crippen molar-refractivity contribution >= 4 is 33.5 Å². The maximum absolute atomic E-state index is 13.9. The van der Waals surface area contributed by atoms with Crippen molar-refractivity contribution in [1.82, 2.24) is 24.3 Å². The minimum atomic E-state index is -0.408. The van der Waals surface area contributed by atoms with Crippen LogP contribution in [0.15, 0.2) is 58.1 Å². The number of aromatic nitrogens is 5. The Hall–Kier alpha value is -4.34. The molecule has 2 aromatic carbocycles. The topological polar surface area (TPSA) is 108 Å². The van der Waals surface area contributed by atoms with E-state index in [0.29, 0.717) is 40.4 Å². The lowest BCUT2D eigenvalue weighted by Gasteiger charge is -2.10. The first-order valence-corrected chi connectivity index (χ1v) is 10.8. The maximum Gasteiger partial charge on any atom is 0.278 e. The fourth-order valence-electron chi connectivity index (χ4n) is 3.88. The van der Waals surface area contributed by atoms with Gasteiger partial charge in [-0.25, -0.2) is 9.37 Å². The molecule has 0 atom stereocenters. The first-order chi connectivity index (χ1) is 16.4. The lowest BCUT2D eigenvalue weighted by atomic mass is 10.2. The zero-order valence-corrected chi connectivity index (χ0v) is 18.6. The summed E-state index contributed by atoms with van der Waals surface area (Å²) in [5.41, 5.74) is 1.95. The zero-order valence-electron chi connectivity index (χ0n) is 18.6. The Labute approximate surface area is 192 Å². The van der Waals surface area contributed by atoms with Crippen LogP contribution in [-0.4, -0.2) is 30.2 Å². The second-order valence-corrected chi connectivity index (χ2v) is 7.95. The second-order valence-electron chi connectivity index (χ2n) is 7.95. The predicted octanol–water partition coefficient (Wildman–Crippen LogP) is 3.43. The number of halogens is 1. The molecule has 0 spiro atoms. The molecule has 0 aliphatic heterocycles. The molecular formula is C24H21FN6O3. The fourth-order valence-corrected chi connectivity index (χ4v) is 3.88. The van der Waals surface area contributed by atoms with Crippen molar-refractivity contribution < 1.29 is 13.7 Å². The number of anilines is 1. The van der Waals surface area contributed by atoms with Gasteiger partial charge in [-0.05, 0) is 30.7 Å². The van der Waals surface area contributed by atoms with E-state index in [1.165, 1.54) is 17.0 Å².